The second-order valence-electron chi connectivity index (χ2n) is 2.45. The molecule has 2 N–H and O–H groups in total. The minimum absolute atomic E-state index is 0.0214. The van der Waals surface area contributed by atoms with Crippen LogP contribution in [0.2, 0.25) is 0 Å². The third-order valence-corrected chi connectivity index (χ3v) is 1.53. The number of aliphatic hydroxyl groups is 1. The molecule has 11 heavy (non-hydrogen) atoms. The Balaban J connectivity index is 3.15. The van der Waals surface area contributed by atoms with Gasteiger partial charge < -0.3 is 10.2 Å². The molecule has 0 heterocycles. The lowest BCUT2D eigenvalue weighted by atomic mass is 10.1. The quantitative estimate of drug-likeness (QED) is 0.602. The molecule has 0 amide bonds. The zero-order valence-electron chi connectivity index (χ0n) is 6.33. The number of aryl methyl sites for hydroxylation is 1. The molecular weight excluding hydrogens is 140 g/mol. The molecule has 0 atom stereocenters. The summed E-state index contributed by atoms with van der Waals surface area (Å²) in [7, 11) is 0. The first kappa shape index (κ1) is 7.66. The third-order valence-electron chi connectivity index (χ3n) is 1.53. The molecule has 1 aromatic carbocycles. The summed E-state index contributed by atoms with van der Waals surface area (Å²) in [5.41, 5.74) is 1.37. The lowest BCUT2D eigenvalue weighted by molar-refractivity contribution is 0.470. The second-order valence-corrected chi connectivity index (χ2v) is 2.45. The van der Waals surface area contributed by atoms with Gasteiger partial charge in [0.15, 0.2) is 0 Å². The van der Waals surface area contributed by atoms with Crippen molar-refractivity contribution in [1.82, 2.24) is 0 Å². The molecule has 0 unspecified atom stereocenters. The van der Waals surface area contributed by atoms with Crippen LogP contribution in [0.25, 0.3) is 5.76 Å². The molecule has 0 aliphatic rings. The van der Waals surface area contributed by atoms with Gasteiger partial charge in [0.05, 0.1) is 0 Å². The Kier molecular flexibility index (Phi) is 1.85. The molecule has 1 rings (SSSR count). The van der Waals surface area contributed by atoms with E-state index in [2.05, 4.69) is 6.58 Å². The van der Waals surface area contributed by atoms with Crippen molar-refractivity contribution in [3.05, 3.63) is 35.9 Å². The minimum Gasteiger partial charge on any atom is -0.508 e. The normalized spacial score (nSPS) is 9.55. The van der Waals surface area contributed by atoms with Crippen molar-refractivity contribution in [1.29, 1.82) is 0 Å². The van der Waals surface area contributed by atoms with Crippen LogP contribution in [0.1, 0.15) is 11.1 Å². The molecule has 0 saturated carbocycles. The maximum atomic E-state index is 9.11. The van der Waals surface area contributed by atoms with Crippen LogP contribution in [0, 0.1) is 6.92 Å². The predicted molar refractivity (Wildman–Crippen MR) is 44.5 cm³/mol. The molecule has 0 aliphatic carbocycles. The molecule has 0 spiro atoms. The Labute approximate surface area is 65.4 Å². The molecule has 0 bridgehead atoms. The van der Waals surface area contributed by atoms with Crippen molar-refractivity contribution in [3.8, 4) is 5.75 Å². The number of phenols is 1. The van der Waals surface area contributed by atoms with Crippen LogP contribution in [0.15, 0.2) is 24.8 Å². The van der Waals surface area contributed by atoms with Gasteiger partial charge in [-0.3, -0.25) is 0 Å². The van der Waals surface area contributed by atoms with Crippen molar-refractivity contribution in [3.63, 3.8) is 0 Å². The fourth-order valence-corrected chi connectivity index (χ4v) is 0.835. The van der Waals surface area contributed by atoms with E-state index in [0.29, 0.717) is 5.56 Å². The summed E-state index contributed by atoms with van der Waals surface area (Å²) in [6.07, 6.45) is 0. The summed E-state index contributed by atoms with van der Waals surface area (Å²) < 4.78 is 0. The third kappa shape index (κ3) is 1.52. The Hall–Kier alpha value is -1.44. The number of hydrogen-bond acceptors (Lipinski definition) is 2. The highest BCUT2D eigenvalue weighted by Crippen LogP contribution is 2.19. The van der Waals surface area contributed by atoms with Gasteiger partial charge in [-0.25, -0.2) is 0 Å². The van der Waals surface area contributed by atoms with Gasteiger partial charge in [0.2, 0.25) is 0 Å². The average Bonchev–Trinajstić information content (AvgIpc) is 1.94. The van der Waals surface area contributed by atoms with Crippen molar-refractivity contribution in [2.24, 2.45) is 0 Å². The van der Waals surface area contributed by atoms with E-state index in [1.54, 1.807) is 19.1 Å². The van der Waals surface area contributed by atoms with E-state index in [-0.39, 0.29) is 11.5 Å². The topological polar surface area (TPSA) is 40.5 Å². The maximum Gasteiger partial charge on any atom is 0.118 e. The summed E-state index contributed by atoms with van der Waals surface area (Å²) in [6.45, 7) is 5.14. The van der Waals surface area contributed by atoms with Gasteiger partial charge in [-0.1, -0.05) is 6.58 Å². The molecule has 0 aromatic heterocycles. The highest BCUT2D eigenvalue weighted by molar-refractivity contribution is 5.58. The number of phenolic OH excluding ortho intramolecular Hbond substituents is 1. The van der Waals surface area contributed by atoms with E-state index in [4.69, 9.17) is 10.2 Å². The smallest absolute Gasteiger partial charge is 0.118 e. The van der Waals surface area contributed by atoms with E-state index in [1.165, 1.54) is 6.07 Å². The van der Waals surface area contributed by atoms with Crippen LogP contribution < -0.4 is 0 Å². The highest BCUT2D eigenvalue weighted by atomic mass is 16.3. The van der Waals surface area contributed by atoms with Crippen LogP contribution in [0.5, 0.6) is 5.75 Å². The number of benzene rings is 1. The zero-order valence-corrected chi connectivity index (χ0v) is 6.33. The molecule has 0 aliphatic heterocycles. The summed E-state index contributed by atoms with van der Waals surface area (Å²) in [6, 6.07) is 4.83. The molecular formula is C9H10O2. The minimum atomic E-state index is 0.0214. The first-order valence-corrected chi connectivity index (χ1v) is 3.29. The van der Waals surface area contributed by atoms with E-state index < -0.39 is 0 Å². The molecule has 0 saturated heterocycles. The van der Waals surface area contributed by atoms with Crippen molar-refractivity contribution in [2.45, 2.75) is 6.92 Å². The summed E-state index contributed by atoms with van der Waals surface area (Å²) >= 11 is 0. The SMILES string of the molecule is C=C(O)c1ccc(O)c(C)c1. The van der Waals surface area contributed by atoms with E-state index >= 15 is 0 Å². The van der Waals surface area contributed by atoms with Crippen LogP contribution in [-0.2, 0) is 0 Å². The zero-order chi connectivity index (χ0) is 8.43. The summed E-state index contributed by atoms with van der Waals surface area (Å²) in [5, 5.41) is 18.1. The fourth-order valence-electron chi connectivity index (χ4n) is 0.835. The van der Waals surface area contributed by atoms with Gasteiger partial charge in [-0.2, -0.15) is 0 Å². The van der Waals surface area contributed by atoms with Crippen molar-refractivity contribution < 1.29 is 10.2 Å². The fraction of sp³-hybridized carbons (Fsp3) is 0.111. The molecule has 1 aromatic rings. The van der Waals surface area contributed by atoms with E-state index in [0.717, 1.165) is 5.56 Å². The van der Waals surface area contributed by atoms with Crippen LogP contribution in [-0.4, -0.2) is 10.2 Å². The van der Waals surface area contributed by atoms with Crippen molar-refractivity contribution >= 4 is 5.76 Å². The lowest BCUT2D eigenvalue weighted by Crippen LogP contribution is -1.82. The Morgan fingerprint density at radius 1 is 1.45 bits per heavy atom. The number of hydrogen-bond donors (Lipinski definition) is 2. The predicted octanol–water partition coefficient (Wildman–Crippen LogP) is 2.23. The van der Waals surface area contributed by atoms with Gasteiger partial charge >= 0.3 is 0 Å². The first-order chi connectivity index (χ1) is 5.11. The molecule has 2 nitrogen and oxygen atoms in total. The average molecular weight is 150 g/mol. The van der Waals surface area contributed by atoms with Gasteiger partial charge in [0, 0.05) is 5.56 Å². The second kappa shape index (κ2) is 2.66. The number of rotatable bonds is 1. The largest absolute Gasteiger partial charge is 0.508 e. The Morgan fingerprint density at radius 3 is 2.55 bits per heavy atom. The lowest BCUT2D eigenvalue weighted by Gasteiger charge is -2.01. The standard InChI is InChI=1S/C9H10O2/c1-6-5-8(7(2)10)3-4-9(6)11/h3-5,10-11H,2H2,1H3. The molecule has 58 valence electrons. The maximum absolute atomic E-state index is 9.11. The number of aromatic hydroxyl groups is 1. The van der Waals surface area contributed by atoms with Gasteiger partial charge in [-0.05, 0) is 30.7 Å². The van der Waals surface area contributed by atoms with E-state index in [1.807, 2.05) is 0 Å². The summed E-state index contributed by atoms with van der Waals surface area (Å²) in [4.78, 5) is 0. The van der Waals surface area contributed by atoms with Crippen LogP contribution >= 0.6 is 0 Å². The van der Waals surface area contributed by atoms with Gasteiger partial charge in [0.25, 0.3) is 0 Å². The summed E-state index contributed by atoms with van der Waals surface area (Å²) in [5.74, 6) is 0.253. The van der Waals surface area contributed by atoms with Gasteiger partial charge in [0.1, 0.15) is 11.5 Å². The molecule has 0 fully saturated rings. The van der Waals surface area contributed by atoms with Crippen LogP contribution in [0.3, 0.4) is 0 Å². The van der Waals surface area contributed by atoms with E-state index in [9.17, 15) is 0 Å². The Morgan fingerprint density at radius 2 is 2.09 bits per heavy atom. The monoisotopic (exact) mass is 150 g/mol. The van der Waals surface area contributed by atoms with Crippen molar-refractivity contribution in [2.75, 3.05) is 0 Å². The Bertz CT molecular complexity index is 290. The molecule has 2 heteroatoms. The van der Waals surface area contributed by atoms with Gasteiger partial charge in [-0.15, -0.1) is 0 Å². The molecule has 0 radical (unpaired) electrons. The highest BCUT2D eigenvalue weighted by Gasteiger charge is 1.98. The number of aliphatic hydroxyl groups excluding tert-OH is 1. The van der Waals surface area contributed by atoms with Crippen LogP contribution in [0.4, 0.5) is 0 Å². The first-order valence-electron chi connectivity index (χ1n) is 3.29.